The highest BCUT2D eigenvalue weighted by atomic mass is 16.8. The first-order valence-corrected chi connectivity index (χ1v) is 24.2. The largest absolute Gasteiger partial charge is 0.391 e. The monoisotopic (exact) mass is 946 g/mol. The van der Waals surface area contributed by atoms with Crippen molar-refractivity contribution in [2.24, 2.45) is 0 Å². The van der Waals surface area contributed by atoms with E-state index in [1.165, 1.54) is 0 Å². The minimum Gasteiger partial charge on any atom is -0.391 e. The van der Waals surface area contributed by atoms with E-state index in [0.717, 1.165) is 0 Å². The van der Waals surface area contributed by atoms with E-state index in [-0.39, 0.29) is 19.5 Å². The number of ether oxygens (including phenoxy) is 9. The lowest BCUT2D eigenvalue weighted by molar-refractivity contribution is -0.201. The molecule has 9 aliphatic rings. The van der Waals surface area contributed by atoms with Gasteiger partial charge in [0.15, 0.2) is 28.9 Å². The maximum Gasteiger partial charge on any atom is 0.164 e. The zero-order valence-electron chi connectivity index (χ0n) is 40.5. The lowest BCUT2D eigenvalue weighted by atomic mass is 9.87. The van der Waals surface area contributed by atoms with Crippen LogP contribution < -0.4 is 0 Å². The molecule has 4 saturated heterocycles. The predicted octanol–water partition coefficient (Wildman–Crippen LogP) is 0.973. The second kappa shape index (κ2) is 18.2. The van der Waals surface area contributed by atoms with E-state index in [9.17, 15) is 30.6 Å². The fourth-order valence-corrected chi connectivity index (χ4v) is 11.8. The quantitative estimate of drug-likeness (QED) is 0.112. The van der Waals surface area contributed by atoms with Gasteiger partial charge < -0.3 is 73.3 Å². The zero-order chi connectivity index (χ0) is 48.2. The summed E-state index contributed by atoms with van der Waals surface area (Å²) >= 11 is 0. The second-order valence-electron chi connectivity index (χ2n) is 22.0. The first-order chi connectivity index (χ1) is 31.3. The number of rotatable bonds is 13. The Kier molecular flexibility index (Phi) is 13.6. The molecule has 1 unspecified atom stereocenters. The van der Waals surface area contributed by atoms with Crippen LogP contribution in [0.1, 0.15) is 75.7 Å². The molecular formula is C49H75N3O15. The molecule has 6 N–H and O–H groups in total. The van der Waals surface area contributed by atoms with Crippen LogP contribution in [0.15, 0.2) is 60.8 Å². The molecule has 4 fully saturated rings. The van der Waals surface area contributed by atoms with Crippen LogP contribution in [0.2, 0.25) is 0 Å². The molecule has 67 heavy (non-hydrogen) atoms. The lowest BCUT2D eigenvalue weighted by Crippen LogP contribution is -2.63. The van der Waals surface area contributed by atoms with Gasteiger partial charge in [0.05, 0.1) is 42.4 Å². The van der Waals surface area contributed by atoms with Gasteiger partial charge in [0.1, 0.15) is 73.2 Å². The molecule has 0 aromatic carbocycles. The molecule has 4 heterocycles. The van der Waals surface area contributed by atoms with Gasteiger partial charge in [0, 0.05) is 32.6 Å². The Morgan fingerprint density at radius 3 is 1.03 bits per heavy atom. The highest BCUT2D eigenvalue weighted by molar-refractivity contribution is 5.22. The fourth-order valence-electron chi connectivity index (χ4n) is 11.8. The van der Waals surface area contributed by atoms with E-state index in [4.69, 9.17) is 42.6 Å². The normalized spacial score (nSPS) is 45.5. The molecule has 0 aromatic rings. The van der Waals surface area contributed by atoms with Crippen molar-refractivity contribution in [2.75, 3.05) is 26.2 Å². The highest BCUT2D eigenvalue weighted by Gasteiger charge is 2.55. The summed E-state index contributed by atoms with van der Waals surface area (Å²) < 4.78 is 55.4. The summed E-state index contributed by atoms with van der Waals surface area (Å²) in [5, 5.41) is 71.1. The molecule has 9 rings (SSSR count). The summed E-state index contributed by atoms with van der Waals surface area (Å²) in [5.74, 6) is -5.09. The summed E-state index contributed by atoms with van der Waals surface area (Å²) in [6, 6.07) is -3.08. The average Bonchev–Trinajstić information content (AvgIpc) is 3.93. The first-order valence-electron chi connectivity index (χ1n) is 24.2. The molecule has 18 heteroatoms. The Balaban J connectivity index is 1.04. The van der Waals surface area contributed by atoms with Gasteiger partial charge in [-0.05, 0) is 69.2 Å². The van der Waals surface area contributed by atoms with Crippen LogP contribution in [0.25, 0.3) is 0 Å². The third kappa shape index (κ3) is 10.4. The summed E-state index contributed by atoms with van der Waals surface area (Å²) in [4.78, 5) is 6.26. The average molecular weight is 946 g/mol. The highest BCUT2D eigenvalue weighted by Crippen LogP contribution is 2.42. The smallest absolute Gasteiger partial charge is 0.164 e. The van der Waals surface area contributed by atoms with Crippen molar-refractivity contribution in [1.29, 1.82) is 0 Å². The number of hydrogen-bond donors (Lipinski definition) is 6. The summed E-state index contributed by atoms with van der Waals surface area (Å²) in [7, 11) is 0. The van der Waals surface area contributed by atoms with Crippen molar-refractivity contribution in [3.63, 3.8) is 0 Å². The Hall–Kier alpha value is -2.02. The number of nitrogens with zero attached hydrogens (tertiary/aromatic N) is 3. The SMILES string of the molecule is CC(C)(O)O[C@@H]1C=C[C@H](N(CCN(C2C=C[C@H]3OC(C)(C)O[C@H]3[C@@H]2O)[C@H]2C=C[C@H]3OC(C)(C)O[C@H]3[C@@H]2O)CCN([C@H]2C=C[C@H]3OC(C)(C)O[C@H]3[C@@H]2O)[C@H]2C=C[C@H]3OC(C)(C)O[C@H]3[C@@H]2O)[C@@H](O)C1. The topological polar surface area (TPSA) is 214 Å². The van der Waals surface area contributed by atoms with E-state index in [1.54, 1.807) is 13.8 Å². The fraction of sp³-hybridized carbons (Fsp3) is 0.796. The van der Waals surface area contributed by atoms with Crippen LogP contribution in [-0.2, 0) is 42.6 Å². The summed E-state index contributed by atoms with van der Waals surface area (Å²) in [5.41, 5.74) is 0. The maximum atomic E-state index is 12.2. The standard InChI is InChI=1S/C49H75N3O15/c1-45(2,58)59-26-11-12-27(32(53)25-26)50(21-23-51(28-13-17-33-41(37(28)54)64-46(3,4)60-33)29-14-18-34-42(38(29)55)65-47(5,6)61-34)22-24-52(30-15-19-35-43(39(30)56)66-48(7,8)62-35)31-16-20-36-44(40(31)57)67-49(9,10)63-36/h11-20,26-44,53-58H,21-25H2,1-10H3/t26-,27+,28+,29+,30+,31?,32+,33-,34-,35-,36-,37-,38-,39-,40-,41-,42-,43-,44-/m1/s1. The molecule has 0 amide bonds. The van der Waals surface area contributed by atoms with Crippen molar-refractivity contribution >= 4 is 0 Å². The summed E-state index contributed by atoms with van der Waals surface area (Å²) in [6.07, 6.45) is 9.11. The van der Waals surface area contributed by atoms with Gasteiger partial charge in [0.2, 0.25) is 0 Å². The van der Waals surface area contributed by atoms with Gasteiger partial charge in [-0.1, -0.05) is 60.8 Å². The lowest BCUT2D eigenvalue weighted by Gasteiger charge is -2.47. The minimum absolute atomic E-state index is 0.205. The van der Waals surface area contributed by atoms with Gasteiger partial charge in [0.25, 0.3) is 0 Å². The van der Waals surface area contributed by atoms with Crippen LogP contribution in [0, 0.1) is 0 Å². The van der Waals surface area contributed by atoms with Crippen LogP contribution in [-0.4, -0.2) is 216 Å². The second-order valence-corrected chi connectivity index (χ2v) is 22.0. The summed E-state index contributed by atoms with van der Waals surface area (Å²) in [6.45, 7) is 18.8. The Morgan fingerprint density at radius 2 is 0.746 bits per heavy atom. The molecule has 0 spiro atoms. The van der Waals surface area contributed by atoms with Gasteiger partial charge >= 0.3 is 0 Å². The van der Waals surface area contributed by atoms with Crippen molar-refractivity contribution in [3.8, 4) is 0 Å². The van der Waals surface area contributed by atoms with Gasteiger partial charge in [-0.3, -0.25) is 14.7 Å². The predicted molar refractivity (Wildman–Crippen MR) is 241 cm³/mol. The molecular weight excluding hydrogens is 871 g/mol. The number of aliphatic hydroxyl groups excluding tert-OH is 5. The Labute approximate surface area is 394 Å². The Morgan fingerprint density at radius 1 is 0.448 bits per heavy atom. The number of fused-ring (bicyclic) bond motifs is 4. The molecule has 0 radical (unpaired) electrons. The minimum atomic E-state index is -1.43. The molecule has 4 aliphatic heterocycles. The van der Waals surface area contributed by atoms with Crippen molar-refractivity contribution in [2.45, 2.75) is 220 Å². The van der Waals surface area contributed by atoms with E-state index in [0.29, 0.717) is 13.1 Å². The van der Waals surface area contributed by atoms with Crippen molar-refractivity contribution in [3.05, 3.63) is 60.8 Å². The molecule has 0 aromatic heterocycles. The molecule has 18 nitrogen and oxygen atoms in total. The number of hydrogen-bond acceptors (Lipinski definition) is 18. The van der Waals surface area contributed by atoms with Gasteiger partial charge in [-0.2, -0.15) is 0 Å². The molecule has 376 valence electrons. The maximum absolute atomic E-state index is 12.2. The first kappa shape index (κ1) is 49.9. The van der Waals surface area contributed by atoms with E-state index in [1.807, 2.05) is 116 Å². The zero-order valence-corrected chi connectivity index (χ0v) is 40.5. The van der Waals surface area contributed by atoms with Crippen molar-refractivity contribution < 1.29 is 73.3 Å². The van der Waals surface area contributed by atoms with Crippen LogP contribution in [0.4, 0.5) is 0 Å². The number of aliphatic hydroxyl groups is 6. The molecule has 0 bridgehead atoms. The van der Waals surface area contributed by atoms with Crippen LogP contribution in [0.3, 0.4) is 0 Å². The molecule has 0 saturated carbocycles. The van der Waals surface area contributed by atoms with Gasteiger partial charge in [-0.25, -0.2) is 0 Å². The Bertz CT molecular complexity index is 1720. The molecule has 5 aliphatic carbocycles. The van der Waals surface area contributed by atoms with E-state index in [2.05, 4.69) is 14.7 Å². The third-order valence-corrected chi connectivity index (χ3v) is 14.5. The third-order valence-electron chi connectivity index (χ3n) is 14.5. The van der Waals surface area contributed by atoms with E-state index >= 15 is 0 Å². The molecule has 19 atom stereocenters. The van der Waals surface area contributed by atoms with Crippen molar-refractivity contribution in [1.82, 2.24) is 14.7 Å². The van der Waals surface area contributed by atoms with Crippen LogP contribution in [0.5, 0.6) is 0 Å². The van der Waals surface area contributed by atoms with E-state index < -0.39 is 145 Å². The van der Waals surface area contributed by atoms with Gasteiger partial charge in [-0.15, -0.1) is 0 Å². The van der Waals surface area contributed by atoms with Crippen LogP contribution >= 0.6 is 0 Å².